The Kier molecular flexibility index (Phi) is 3.92. The molecule has 1 aliphatic carbocycles. The minimum atomic E-state index is 0.0773. The van der Waals surface area contributed by atoms with E-state index < -0.39 is 0 Å². The van der Waals surface area contributed by atoms with Gasteiger partial charge in [-0.2, -0.15) is 5.10 Å². The average molecular weight is 326 g/mol. The largest absolute Gasteiger partial charge is 0.350 e. The van der Waals surface area contributed by atoms with Gasteiger partial charge < -0.3 is 9.80 Å². The molecule has 1 saturated heterocycles. The van der Waals surface area contributed by atoms with Gasteiger partial charge in [0.15, 0.2) is 0 Å². The number of hydrogen-bond acceptors (Lipinski definition) is 5. The Morgan fingerprint density at radius 2 is 1.88 bits per heavy atom. The van der Waals surface area contributed by atoms with Gasteiger partial charge in [0, 0.05) is 44.6 Å². The molecule has 7 nitrogen and oxygen atoms in total. The molecule has 1 saturated carbocycles. The van der Waals surface area contributed by atoms with Gasteiger partial charge in [-0.1, -0.05) is 0 Å². The van der Waals surface area contributed by atoms with Crippen LogP contribution in [0.2, 0.25) is 0 Å². The third kappa shape index (κ3) is 2.86. The van der Waals surface area contributed by atoms with Crippen LogP contribution in [0.3, 0.4) is 0 Å². The molecule has 24 heavy (non-hydrogen) atoms. The minimum Gasteiger partial charge on any atom is -0.350 e. The first-order chi connectivity index (χ1) is 11.7. The Labute approximate surface area is 141 Å². The maximum atomic E-state index is 12.6. The van der Waals surface area contributed by atoms with Crippen molar-refractivity contribution in [1.82, 2.24) is 24.6 Å². The SMILES string of the molecule is Cn1nccc1C(=O)N1CCC(N(c2ccncn2)C2CC2)CC1. The molecule has 1 aliphatic heterocycles. The summed E-state index contributed by atoms with van der Waals surface area (Å²) < 4.78 is 1.64. The molecule has 4 rings (SSSR count). The van der Waals surface area contributed by atoms with E-state index in [1.54, 1.807) is 29.5 Å². The number of likely N-dealkylation sites (tertiary alicyclic amines) is 1. The lowest BCUT2D eigenvalue weighted by Gasteiger charge is -2.39. The summed E-state index contributed by atoms with van der Waals surface area (Å²) in [7, 11) is 1.81. The summed E-state index contributed by atoms with van der Waals surface area (Å²) in [6.07, 6.45) is 9.51. The fraction of sp³-hybridized carbons (Fsp3) is 0.529. The maximum Gasteiger partial charge on any atom is 0.272 e. The number of piperidine rings is 1. The van der Waals surface area contributed by atoms with E-state index >= 15 is 0 Å². The molecule has 2 aliphatic rings. The van der Waals surface area contributed by atoms with Crippen LogP contribution in [-0.4, -0.2) is 55.7 Å². The van der Waals surface area contributed by atoms with Gasteiger partial charge in [0.05, 0.1) is 0 Å². The van der Waals surface area contributed by atoms with Crippen LogP contribution in [0.1, 0.15) is 36.2 Å². The molecule has 2 aromatic rings. The quantitative estimate of drug-likeness (QED) is 0.851. The van der Waals surface area contributed by atoms with Crippen LogP contribution in [0.4, 0.5) is 5.82 Å². The zero-order chi connectivity index (χ0) is 16.5. The highest BCUT2D eigenvalue weighted by atomic mass is 16.2. The molecule has 2 fully saturated rings. The fourth-order valence-electron chi connectivity index (χ4n) is 3.55. The molecule has 2 aromatic heterocycles. The lowest BCUT2D eigenvalue weighted by Crippen LogP contribution is -2.48. The van der Waals surface area contributed by atoms with Gasteiger partial charge in [-0.15, -0.1) is 0 Å². The zero-order valence-corrected chi connectivity index (χ0v) is 13.9. The molecule has 1 amide bonds. The maximum absolute atomic E-state index is 12.6. The van der Waals surface area contributed by atoms with E-state index in [9.17, 15) is 4.79 Å². The van der Waals surface area contributed by atoms with E-state index in [1.807, 2.05) is 18.0 Å². The molecule has 0 spiro atoms. The zero-order valence-electron chi connectivity index (χ0n) is 13.9. The Morgan fingerprint density at radius 3 is 2.46 bits per heavy atom. The first kappa shape index (κ1) is 15.1. The van der Waals surface area contributed by atoms with Gasteiger partial charge >= 0.3 is 0 Å². The van der Waals surface area contributed by atoms with Crippen molar-refractivity contribution in [3.05, 3.63) is 36.5 Å². The molecule has 0 N–H and O–H groups in total. The first-order valence-corrected chi connectivity index (χ1v) is 8.55. The van der Waals surface area contributed by atoms with Gasteiger partial charge in [-0.25, -0.2) is 9.97 Å². The van der Waals surface area contributed by atoms with Gasteiger partial charge in [0.1, 0.15) is 17.8 Å². The van der Waals surface area contributed by atoms with E-state index in [1.165, 1.54) is 12.8 Å². The second-order valence-corrected chi connectivity index (χ2v) is 6.57. The number of hydrogen-bond donors (Lipinski definition) is 0. The number of aromatic nitrogens is 4. The summed E-state index contributed by atoms with van der Waals surface area (Å²) in [4.78, 5) is 25.5. The smallest absolute Gasteiger partial charge is 0.272 e. The Morgan fingerprint density at radius 1 is 1.12 bits per heavy atom. The monoisotopic (exact) mass is 326 g/mol. The van der Waals surface area contributed by atoms with Crippen LogP contribution in [0.15, 0.2) is 30.9 Å². The second-order valence-electron chi connectivity index (χ2n) is 6.57. The number of carbonyl (C=O) groups is 1. The summed E-state index contributed by atoms with van der Waals surface area (Å²) in [5, 5.41) is 4.09. The van der Waals surface area contributed by atoms with E-state index in [-0.39, 0.29) is 5.91 Å². The van der Waals surface area contributed by atoms with Crippen molar-refractivity contribution in [3.8, 4) is 0 Å². The molecule has 0 bridgehead atoms. The predicted octanol–water partition coefficient (Wildman–Crippen LogP) is 1.48. The molecular formula is C17H22N6O. The van der Waals surface area contributed by atoms with E-state index in [2.05, 4.69) is 20.0 Å². The molecule has 3 heterocycles. The van der Waals surface area contributed by atoms with Crippen molar-refractivity contribution >= 4 is 11.7 Å². The Balaban J connectivity index is 1.44. The third-order valence-corrected chi connectivity index (χ3v) is 4.96. The lowest BCUT2D eigenvalue weighted by atomic mass is 10.0. The molecule has 126 valence electrons. The summed E-state index contributed by atoms with van der Waals surface area (Å²) in [5.41, 5.74) is 0.656. The molecule has 0 radical (unpaired) electrons. The van der Waals surface area contributed by atoms with Crippen LogP contribution in [0.25, 0.3) is 0 Å². The van der Waals surface area contributed by atoms with Crippen LogP contribution >= 0.6 is 0 Å². The van der Waals surface area contributed by atoms with Crippen LogP contribution in [0.5, 0.6) is 0 Å². The highest BCUT2D eigenvalue weighted by Gasteiger charge is 2.37. The third-order valence-electron chi connectivity index (χ3n) is 4.96. The number of carbonyl (C=O) groups excluding carboxylic acids is 1. The normalized spacial score (nSPS) is 18.6. The van der Waals surface area contributed by atoms with Gasteiger partial charge in [0.25, 0.3) is 5.91 Å². The van der Waals surface area contributed by atoms with Crippen molar-refractivity contribution in [3.63, 3.8) is 0 Å². The summed E-state index contributed by atoms with van der Waals surface area (Å²) >= 11 is 0. The number of nitrogens with zero attached hydrogens (tertiary/aromatic N) is 6. The number of rotatable bonds is 4. The van der Waals surface area contributed by atoms with E-state index in [0.29, 0.717) is 17.8 Å². The lowest BCUT2D eigenvalue weighted by molar-refractivity contribution is 0.0700. The summed E-state index contributed by atoms with van der Waals surface area (Å²) in [5.74, 6) is 1.09. The van der Waals surface area contributed by atoms with Crippen LogP contribution in [0, 0.1) is 0 Å². The standard InChI is InChI=1S/C17H22N6O/c1-21-15(4-9-20-21)17(24)22-10-6-14(7-11-22)23(13-2-3-13)16-5-8-18-12-19-16/h4-5,8-9,12-14H,2-3,6-7,10-11H2,1H3. The van der Waals surface area contributed by atoms with Crippen molar-refractivity contribution in [2.75, 3.05) is 18.0 Å². The molecule has 0 unspecified atom stereocenters. The summed E-state index contributed by atoms with van der Waals surface area (Å²) in [6, 6.07) is 4.82. The van der Waals surface area contributed by atoms with Crippen molar-refractivity contribution < 1.29 is 4.79 Å². The topological polar surface area (TPSA) is 67.2 Å². The number of amides is 1. The number of anilines is 1. The van der Waals surface area contributed by atoms with E-state index in [4.69, 9.17) is 0 Å². The first-order valence-electron chi connectivity index (χ1n) is 8.55. The van der Waals surface area contributed by atoms with E-state index in [0.717, 1.165) is 31.7 Å². The Hall–Kier alpha value is -2.44. The van der Waals surface area contributed by atoms with Gasteiger partial charge in [-0.3, -0.25) is 9.48 Å². The second kappa shape index (κ2) is 6.22. The average Bonchev–Trinajstić information content (AvgIpc) is 3.36. The summed E-state index contributed by atoms with van der Waals surface area (Å²) in [6.45, 7) is 1.56. The number of aryl methyl sites for hydroxylation is 1. The van der Waals surface area contributed by atoms with Crippen molar-refractivity contribution in [1.29, 1.82) is 0 Å². The van der Waals surface area contributed by atoms with Crippen molar-refractivity contribution in [2.45, 2.75) is 37.8 Å². The van der Waals surface area contributed by atoms with Gasteiger partial charge in [0.2, 0.25) is 0 Å². The highest BCUT2D eigenvalue weighted by Crippen LogP contribution is 2.35. The van der Waals surface area contributed by atoms with Crippen LogP contribution in [-0.2, 0) is 7.05 Å². The highest BCUT2D eigenvalue weighted by molar-refractivity contribution is 5.92. The molecule has 7 heteroatoms. The minimum absolute atomic E-state index is 0.0773. The predicted molar refractivity (Wildman–Crippen MR) is 89.7 cm³/mol. The fourth-order valence-corrected chi connectivity index (χ4v) is 3.55. The van der Waals surface area contributed by atoms with Crippen LogP contribution < -0.4 is 4.90 Å². The Bertz CT molecular complexity index is 703. The van der Waals surface area contributed by atoms with Gasteiger partial charge in [-0.05, 0) is 37.8 Å². The molecule has 0 atom stereocenters. The molecular weight excluding hydrogens is 304 g/mol. The molecule has 0 aromatic carbocycles. The van der Waals surface area contributed by atoms with Crippen molar-refractivity contribution in [2.24, 2.45) is 7.05 Å².